The van der Waals surface area contributed by atoms with Crippen molar-refractivity contribution < 1.29 is 4.79 Å². The average molecular weight is 284 g/mol. The van der Waals surface area contributed by atoms with Crippen LogP contribution in [-0.4, -0.2) is 20.9 Å². The Morgan fingerprint density at radius 2 is 1.90 bits per heavy atom. The number of thiazole rings is 1. The molecule has 20 heavy (non-hydrogen) atoms. The molecule has 0 bridgehead atoms. The molecule has 3 aromatic rings. The monoisotopic (exact) mass is 284 g/mol. The van der Waals surface area contributed by atoms with Crippen molar-refractivity contribution in [1.29, 1.82) is 0 Å². The topological polar surface area (TPSA) is 67.8 Å². The second-order valence-corrected chi connectivity index (χ2v) is 5.56. The van der Waals surface area contributed by atoms with Crippen molar-refractivity contribution in [1.82, 2.24) is 15.0 Å². The van der Waals surface area contributed by atoms with Gasteiger partial charge in [0.25, 0.3) is 5.91 Å². The zero-order valence-electron chi connectivity index (χ0n) is 11.0. The fraction of sp³-hybridized carbons (Fsp3) is 0.143. The molecule has 0 fully saturated rings. The van der Waals surface area contributed by atoms with Gasteiger partial charge in [-0.15, -0.1) is 11.3 Å². The van der Waals surface area contributed by atoms with Crippen LogP contribution >= 0.6 is 11.3 Å². The number of anilines is 1. The van der Waals surface area contributed by atoms with E-state index in [0.717, 1.165) is 16.1 Å². The highest BCUT2D eigenvalue weighted by molar-refractivity contribution is 7.15. The largest absolute Gasteiger partial charge is 0.296 e. The van der Waals surface area contributed by atoms with Crippen molar-refractivity contribution in [2.75, 3.05) is 5.32 Å². The van der Waals surface area contributed by atoms with Gasteiger partial charge in [-0.3, -0.25) is 15.1 Å². The third-order valence-electron chi connectivity index (χ3n) is 2.93. The van der Waals surface area contributed by atoms with Gasteiger partial charge in [0.15, 0.2) is 5.13 Å². The van der Waals surface area contributed by atoms with Crippen LogP contribution in [0, 0.1) is 13.8 Å². The third kappa shape index (κ3) is 2.37. The number of nitrogens with zero attached hydrogens (tertiary/aromatic N) is 3. The molecule has 5 nitrogen and oxygen atoms in total. The molecule has 1 N–H and O–H groups in total. The third-order valence-corrected chi connectivity index (χ3v) is 3.92. The van der Waals surface area contributed by atoms with Crippen LogP contribution in [0.4, 0.5) is 5.13 Å². The van der Waals surface area contributed by atoms with E-state index in [1.54, 1.807) is 0 Å². The first-order valence-corrected chi connectivity index (χ1v) is 6.92. The maximum atomic E-state index is 12.1. The molecule has 2 heterocycles. The predicted molar refractivity (Wildman–Crippen MR) is 79.1 cm³/mol. The Hall–Kier alpha value is -2.34. The Bertz CT molecular complexity index is 777. The van der Waals surface area contributed by atoms with Crippen LogP contribution in [-0.2, 0) is 0 Å². The zero-order valence-corrected chi connectivity index (χ0v) is 11.9. The number of fused-ring (bicyclic) bond motifs is 1. The first-order chi connectivity index (χ1) is 9.63. The zero-order chi connectivity index (χ0) is 14.1. The molecule has 3 rings (SSSR count). The Labute approximate surface area is 119 Å². The summed E-state index contributed by atoms with van der Waals surface area (Å²) in [6.45, 7) is 3.88. The highest BCUT2D eigenvalue weighted by atomic mass is 32.1. The summed E-state index contributed by atoms with van der Waals surface area (Å²) in [5, 5.41) is 3.33. The number of aryl methyl sites for hydroxylation is 2. The van der Waals surface area contributed by atoms with Crippen molar-refractivity contribution >= 4 is 33.4 Å². The van der Waals surface area contributed by atoms with Gasteiger partial charge in [0.1, 0.15) is 5.69 Å². The van der Waals surface area contributed by atoms with Gasteiger partial charge in [-0.25, -0.2) is 9.97 Å². The first-order valence-electron chi connectivity index (χ1n) is 6.10. The summed E-state index contributed by atoms with van der Waals surface area (Å²) in [5.41, 5.74) is 2.68. The molecule has 1 amide bonds. The van der Waals surface area contributed by atoms with Crippen LogP contribution in [0.25, 0.3) is 11.0 Å². The molecule has 0 spiro atoms. The van der Waals surface area contributed by atoms with E-state index in [4.69, 9.17) is 0 Å². The van der Waals surface area contributed by atoms with E-state index in [-0.39, 0.29) is 11.6 Å². The Kier molecular flexibility index (Phi) is 3.15. The molecule has 0 unspecified atom stereocenters. The highest BCUT2D eigenvalue weighted by Gasteiger charge is 2.12. The van der Waals surface area contributed by atoms with Gasteiger partial charge in [0.2, 0.25) is 0 Å². The molecule has 0 saturated heterocycles. The minimum Gasteiger partial charge on any atom is -0.296 e. The highest BCUT2D eigenvalue weighted by Crippen LogP contribution is 2.21. The lowest BCUT2D eigenvalue weighted by Crippen LogP contribution is -2.14. The Balaban J connectivity index is 1.88. The van der Waals surface area contributed by atoms with Gasteiger partial charge >= 0.3 is 0 Å². The molecule has 0 aliphatic heterocycles. The van der Waals surface area contributed by atoms with E-state index < -0.39 is 0 Å². The molecule has 100 valence electrons. The molecule has 0 atom stereocenters. The fourth-order valence-corrected chi connectivity index (χ4v) is 2.56. The normalized spacial score (nSPS) is 10.7. The molecule has 6 heteroatoms. The van der Waals surface area contributed by atoms with Gasteiger partial charge in [-0.05, 0) is 26.0 Å². The maximum absolute atomic E-state index is 12.1. The van der Waals surface area contributed by atoms with Gasteiger partial charge < -0.3 is 0 Å². The molecular formula is C14H12N4OS. The van der Waals surface area contributed by atoms with E-state index in [1.807, 2.05) is 38.1 Å². The predicted octanol–water partition coefficient (Wildman–Crippen LogP) is 2.96. The van der Waals surface area contributed by atoms with Crippen LogP contribution in [0.3, 0.4) is 0 Å². The first kappa shape index (κ1) is 12.7. The van der Waals surface area contributed by atoms with Crippen LogP contribution < -0.4 is 5.32 Å². The SMILES string of the molecule is Cc1nc(NC(=O)c2cnc3ccccc3n2)sc1C. The second-order valence-electron chi connectivity index (χ2n) is 4.36. The minimum absolute atomic E-state index is 0.286. The van der Waals surface area contributed by atoms with E-state index in [1.165, 1.54) is 17.5 Å². The number of benzene rings is 1. The molecule has 0 radical (unpaired) electrons. The lowest BCUT2D eigenvalue weighted by atomic mass is 10.3. The summed E-state index contributed by atoms with van der Waals surface area (Å²) >= 11 is 1.45. The van der Waals surface area contributed by atoms with Crippen LogP contribution in [0.1, 0.15) is 21.1 Å². The number of para-hydroxylation sites is 2. The number of rotatable bonds is 2. The molecule has 0 aliphatic rings. The standard InChI is InChI=1S/C14H12N4OS/c1-8-9(2)20-14(16-8)18-13(19)12-7-15-10-5-3-4-6-11(10)17-12/h3-7H,1-2H3,(H,16,18,19). The van der Waals surface area contributed by atoms with Gasteiger partial charge in [0.05, 0.1) is 22.9 Å². The van der Waals surface area contributed by atoms with Crippen molar-refractivity contribution in [2.45, 2.75) is 13.8 Å². The van der Waals surface area contributed by atoms with E-state index >= 15 is 0 Å². The lowest BCUT2D eigenvalue weighted by molar-refractivity contribution is 0.102. The number of carbonyl (C=O) groups is 1. The number of nitrogens with one attached hydrogen (secondary N) is 1. The van der Waals surface area contributed by atoms with Crippen molar-refractivity contribution in [3.8, 4) is 0 Å². The number of hydrogen-bond donors (Lipinski definition) is 1. The van der Waals surface area contributed by atoms with Crippen molar-refractivity contribution in [3.05, 3.63) is 46.7 Å². The number of carbonyl (C=O) groups excluding carboxylic acids is 1. The number of hydrogen-bond acceptors (Lipinski definition) is 5. The molecule has 0 saturated carbocycles. The second kappa shape index (κ2) is 4.97. The summed E-state index contributed by atoms with van der Waals surface area (Å²) in [6, 6.07) is 7.44. The smallest absolute Gasteiger partial charge is 0.277 e. The lowest BCUT2D eigenvalue weighted by Gasteiger charge is -2.02. The number of aromatic nitrogens is 3. The van der Waals surface area contributed by atoms with Crippen LogP contribution in [0.15, 0.2) is 30.5 Å². The van der Waals surface area contributed by atoms with E-state index in [9.17, 15) is 4.79 Å². The number of amides is 1. The molecular weight excluding hydrogens is 272 g/mol. The van der Waals surface area contributed by atoms with E-state index in [0.29, 0.717) is 10.6 Å². The Morgan fingerprint density at radius 3 is 2.60 bits per heavy atom. The van der Waals surface area contributed by atoms with Crippen molar-refractivity contribution in [3.63, 3.8) is 0 Å². The summed E-state index contributed by atoms with van der Waals surface area (Å²) in [4.78, 5) is 26.0. The maximum Gasteiger partial charge on any atom is 0.277 e. The van der Waals surface area contributed by atoms with Gasteiger partial charge in [-0.1, -0.05) is 12.1 Å². The van der Waals surface area contributed by atoms with Crippen molar-refractivity contribution in [2.24, 2.45) is 0 Å². The quantitative estimate of drug-likeness (QED) is 0.785. The summed E-state index contributed by atoms with van der Waals surface area (Å²) in [7, 11) is 0. The summed E-state index contributed by atoms with van der Waals surface area (Å²) in [6.07, 6.45) is 1.48. The minimum atomic E-state index is -0.294. The van der Waals surface area contributed by atoms with Crippen LogP contribution in [0.5, 0.6) is 0 Å². The summed E-state index contributed by atoms with van der Waals surface area (Å²) < 4.78 is 0. The molecule has 1 aromatic carbocycles. The molecule has 0 aliphatic carbocycles. The fourth-order valence-electron chi connectivity index (χ4n) is 1.75. The van der Waals surface area contributed by atoms with Gasteiger partial charge in [0, 0.05) is 4.88 Å². The van der Waals surface area contributed by atoms with E-state index in [2.05, 4.69) is 20.3 Å². The average Bonchev–Trinajstić information content (AvgIpc) is 2.76. The summed E-state index contributed by atoms with van der Waals surface area (Å²) in [5.74, 6) is -0.294. The Morgan fingerprint density at radius 1 is 1.15 bits per heavy atom. The van der Waals surface area contributed by atoms with Crippen LogP contribution in [0.2, 0.25) is 0 Å². The van der Waals surface area contributed by atoms with Gasteiger partial charge in [-0.2, -0.15) is 0 Å². The molecule has 2 aromatic heterocycles.